The topological polar surface area (TPSA) is 54.3 Å². The predicted octanol–water partition coefficient (Wildman–Crippen LogP) is 4.18. The number of urea groups is 1. The maximum atomic E-state index is 12.7. The number of benzene rings is 2. The lowest BCUT2D eigenvalue weighted by atomic mass is 10.2. The Bertz CT molecular complexity index is 1010. The van der Waals surface area contributed by atoms with Crippen LogP contribution < -0.4 is 10.2 Å². The fourth-order valence-electron chi connectivity index (χ4n) is 2.84. The summed E-state index contributed by atoms with van der Waals surface area (Å²) in [6.45, 7) is 0. The summed E-state index contributed by atoms with van der Waals surface area (Å²) >= 11 is 2.26. The van der Waals surface area contributed by atoms with Crippen LogP contribution in [-0.4, -0.2) is 16.5 Å². The van der Waals surface area contributed by atoms with Crippen molar-refractivity contribution in [2.75, 3.05) is 4.90 Å². The maximum Gasteiger partial charge on any atom is 0.333 e. The lowest BCUT2D eigenvalue weighted by molar-refractivity contribution is -0.113. The molecule has 4 rings (SSSR count). The highest BCUT2D eigenvalue weighted by atomic mass is 127. The zero-order valence-corrected chi connectivity index (χ0v) is 15.8. The number of hydrogen-bond donors (Lipinski definition) is 1. The van der Waals surface area contributed by atoms with Crippen LogP contribution in [0.25, 0.3) is 11.8 Å². The van der Waals surface area contributed by atoms with E-state index in [1.165, 1.54) is 0 Å². The van der Waals surface area contributed by atoms with Gasteiger partial charge in [-0.15, -0.1) is 0 Å². The summed E-state index contributed by atoms with van der Waals surface area (Å²) in [6, 6.07) is 20.3. The molecule has 1 fully saturated rings. The molecule has 6 heteroatoms. The van der Waals surface area contributed by atoms with Gasteiger partial charge in [0.1, 0.15) is 5.70 Å². The molecule has 1 aromatic heterocycles. The summed E-state index contributed by atoms with van der Waals surface area (Å²) in [6.07, 6.45) is 3.62. The summed E-state index contributed by atoms with van der Waals surface area (Å²) in [5.41, 5.74) is 2.60. The van der Waals surface area contributed by atoms with Gasteiger partial charge in [-0.2, -0.15) is 0 Å². The van der Waals surface area contributed by atoms with E-state index in [9.17, 15) is 9.59 Å². The minimum Gasteiger partial charge on any atom is -0.317 e. The molecule has 0 radical (unpaired) electrons. The number of carbonyl (C=O) groups excluding carboxylic acids is 2. The number of nitrogens with zero attached hydrogens (tertiary/aromatic N) is 2. The van der Waals surface area contributed by atoms with E-state index in [4.69, 9.17) is 0 Å². The molecule has 3 aromatic rings. The Kier molecular flexibility index (Phi) is 4.34. The number of rotatable bonds is 3. The highest BCUT2D eigenvalue weighted by Gasteiger charge is 2.34. The van der Waals surface area contributed by atoms with Gasteiger partial charge in [-0.05, 0) is 77.2 Å². The Hall–Kier alpha value is -2.87. The standard InChI is InChI=1S/C20H14IN3O2/c21-14-8-10-15(11-9-14)23-12-4-7-17(23)13-18-19(25)24(20(26)22-18)16-5-2-1-3-6-16/h1-13H,(H,22,26)/b18-13+. The van der Waals surface area contributed by atoms with Crippen LogP contribution in [0.5, 0.6) is 0 Å². The van der Waals surface area contributed by atoms with Gasteiger partial charge in [-0.1, -0.05) is 18.2 Å². The molecule has 1 aliphatic rings. The molecule has 1 N–H and O–H groups in total. The van der Waals surface area contributed by atoms with Crippen LogP contribution >= 0.6 is 22.6 Å². The van der Waals surface area contributed by atoms with Crippen LogP contribution in [-0.2, 0) is 4.79 Å². The van der Waals surface area contributed by atoms with Gasteiger partial charge in [-0.3, -0.25) is 4.79 Å². The largest absolute Gasteiger partial charge is 0.333 e. The first-order valence-electron chi connectivity index (χ1n) is 7.99. The van der Waals surface area contributed by atoms with Crippen LogP contribution in [0, 0.1) is 3.57 Å². The molecule has 3 amide bonds. The van der Waals surface area contributed by atoms with Crippen LogP contribution in [0.15, 0.2) is 78.6 Å². The summed E-state index contributed by atoms with van der Waals surface area (Å²) < 4.78 is 3.11. The van der Waals surface area contributed by atoms with Crippen molar-refractivity contribution >= 4 is 46.3 Å². The zero-order chi connectivity index (χ0) is 18.1. The van der Waals surface area contributed by atoms with Gasteiger partial charge in [0.05, 0.1) is 5.69 Å². The Balaban J connectivity index is 1.68. The Morgan fingerprint density at radius 1 is 0.846 bits per heavy atom. The summed E-state index contributed by atoms with van der Waals surface area (Å²) in [4.78, 5) is 26.1. The first kappa shape index (κ1) is 16.6. The van der Waals surface area contributed by atoms with E-state index in [1.54, 1.807) is 30.3 Å². The smallest absolute Gasteiger partial charge is 0.317 e. The number of aromatic nitrogens is 1. The van der Waals surface area contributed by atoms with E-state index in [0.29, 0.717) is 5.69 Å². The van der Waals surface area contributed by atoms with Gasteiger partial charge in [0.2, 0.25) is 0 Å². The van der Waals surface area contributed by atoms with E-state index < -0.39 is 6.03 Å². The number of nitrogens with one attached hydrogen (secondary N) is 1. The highest BCUT2D eigenvalue weighted by Crippen LogP contribution is 2.23. The Morgan fingerprint density at radius 3 is 2.31 bits per heavy atom. The number of imide groups is 1. The average molecular weight is 455 g/mol. The molecule has 2 heterocycles. The third-order valence-corrected chi connectivity index (χ3v) is 4.79. The molecule has 0 bridgehead atoms. The van der Waals surface area contributed by atoms with Crippen molar-refractivity contribution in [2.24, 2.45) is 0 Å². The summed E-state index contributed by atoms with van der Waals surface area (Å²) in [5.74, 6) is -0.364. The van der Waals surface area contributed by atoms with Gasteiger partial charge in [0.25, 0.3) is 5.91 Å². The van der Waals surface area contributed by atoms with E-state index in [0.717, 1.165) is 19.9 Å². The zero-order valence-electron chi connectivity index (χ0n) is 13.6. The molecule has 128 valence electrons. The molecule has 5 nitrogen and oxygen atoms in total. The molecule has 1 saturated heterocycles. The second-order valence-electron chi connectivity index (χ2n) is 5.74. The van der Waals surface area contributed by atoms with Crippen molar-refractivity contribution in [3.05, 3.63) is 87.9 Å². The van der Waals surface area contributed by atoms with Crippen LogP contribution in [0.1, 0.15) is 5.69 Å². The SMILES string of the molecule is O=C1N/C(=C/c2cccn2-c2ccc(I)cc2)C(=O)N1c1ccccc1. The van der Waals surface area contributed by atoms with Crippen molar-refractivity contribution in [3.63, 3.8) is 0 Å². The van der Waals surface area contributed by atoms with Crippen molar-refractivity contribution in [1.82, 2.24) is 9.88 Å². The monoisotopic (exact) mass is 455 g/mol. The Morgan fingerprint density at radius 2 is 1.58 bits per heavy atom. The van der Waals surface area contributed by atoms with Crippen LogP contribution in [0.3, 0.4) is 0 Å². The van der Waals surface area contributed by atoms with Crippen molar-refractivity contribution in [1.29, 1.82) is 0 Å². The number of para-hydroxylation sites is 1. The second kappa shape index (κ2) is 6.80. The molecular weight excluding hydrogens is 441 g/mol. The van der Waals surface area contributed by atoms with Crippen LogP contribution in [0.2, 0.25) is 0 Å². The number of halogens is 1. The lowest BCUT2D eigenvalue weighted by Gasteiger charge is -2.11. The second-order valence-corrected chi connectivity index (χ2v) is 6.99. The van der Waals surface area contributed by atoms with Crippen molar-refractivity contribution in [3.8, 4) is 5.69 Å². The predicted molar refractivity (Wildman–Crippen MR) is 109 cm³/mol. The van der Waals surface area contributed by atoms with E-state index in [-0.39, 0.29) is 11.6 Å². The fraction of sp³-hybridized carbons (Fsp3) is 0. The number of amides is 3. The quantitative estimate of drug-likeness (QED) is 0.366. The van der Waals surface area contributed by atoms with Gasteiger partial charge in [0.15, 0.2) is 0 Å². The van der Waals surface area contributed by atoms with Crippen LogP contribution in [0.4, 0.5) is 10.5 Å². The van der Waals surface area contributed by atoms with Gasteiger partial charge < -0.3 is 9.88 Å². The van der Waals surface area contributed by atoms with Gasteiger partial charge >= 0.3 is 6.03 Å². The summed E-state index contributed by atoms with van der Waals surface area (Å²) in [5, 5.41) is 2.66. The molecule has 1 aliphatic heterocycles. The number of hydrogen-bond acceptors (Lipinski definition) is 2. The number of anilines is 1. The van der Waals surface area contributed by atoms with Crippen molar-refractivity contribution < 1.29 is 9.59 Å². The normalized spacial score (nSPS) is 15.6. The molecule has 26 heavy (non-hydrogen) atoms. The fourth-order valence-corrected chi connectivity index (χ4v) is 3.20. The molecule has 0 saturated carbocycles. The summed E-state index contributed by atoms with van der Waals surface area (Å²) in [7, 11) is 0. The van der Waals surface area contributed by atoms with E-state index >= 15 is 0 Å². The molecule has 0 atom stereocenters. The molecular formula is C20H14IN3O2. The molecule has 2 aromatic carbocycles. The third kappa shape index (κ3) is 3.03. The molecule has 0 aliphatic carbocycles. The number of carbonyl (C=O) groups is 2. The third-order valence-electron chi connectivity index (χ3n) is 4.07. The average Bonchev–Trinajstić information content (AvgIpc) is 3.21. The lowest BCUT2D eigenvalue weighted by Crippen LogP contribution is -2.30. The first-order chi connectivity index (χ1) is 12.6. The minimum absolute atomic E-state index is 0.254. The molecule has 0 unspecified atom stereocenters. The van der Waals surface area contributed by atoms with E-state index in [2.05, 4.69) is 27.9 Å². The van der Waals surface area contributed by atoms with Gasteiger partial charge in [-0.25, -0.2) is 9.69 Å². The highest BCUT2D eigenvalue weighted by molar-refractivity contribution is 14.1. The van der Waals surface area contributed by atoms with Gasteiger partial charge in [0, 0.05) is 21.1 Å². The minimum atomic E-state index is -0.445. The molecule has 0 spiro atoms. The Labute approximate surface area is 164 Å². The van der Waals surface area contributed by atoms with E-state index in [1.807, 2.05) is 53.2 Å². The van der Waals surface area contributed by atoms with Crippen molar-refractivity contribution in [2.45, 2.75) is 0 Å². The maximum absolute atomic E-state index is 12.7. The first-order valence-corrected chi connectivity index (χ1v) is 9.07.